The summed E-state index contributed by atoms with van der Waals surface area (Å²) in [5.74, 6) is 0. The topological polar surface area (TPSA) is 68.3 Å². The largest absolute Gasteiger partial charge is 0.287 e. The lowest BCUT2D eigenvalue weighted by atomic mass is 9.86. The molecule has 0 saturated heterocycles. The molecule has 0 fully saturated rings. The molecule has 4 bridgehead atoms. The standard InChI is InChI=1S/C56H48O4S4/c1-37(57)61-53-25-9-41(10-26-53)5-17-45-33-50-23-24-52-36-47(19-7-43-13-29-55(30-14-43)63-39(3)59)51(35-48(52)20-8-44-15-31-56(32-16-44)64-40(4)60)22-21-49(45)34-46(50)18-6-42-11-27-54(28-12-42)62-38(2)58/h5-20,25-36H,21-24H2,1-4H3/b17-5-,18-6+,19-7+,20-8+. The van der Waals surface area contributed by atoms with Crippen LogP contribution in [0.25, 0.3) is 48.6 Å². The average Bonchev–Trinajstić information content (AvgIpc) is 3.26. The first-order valence-electron chi connectivity index (χ1n) is 21.1. The van der Waals surface area contributed by atoms with Gasteiger partial charge in [-0.3, -0.25) is 19.2 Å². The quantitative estimate of drug-likeness (QED) is 0.0888. The van der Waals surface area contributed by atoms with Crippen molar-refractivity contribution in [3.8, 4) is 0 Å². The van der Waals surface area contributed by atoms with Crippen molar-refractivity contribution >= 4 is 116 Å². The first kappa shape index (κ1) is 46.4. The van der Waals surface area contributed by atoms with Gasteiger partial charge in [0.2, 0.25) is 0 Å². The molecule has 0 aliphatic heterocycles. The van der Waals surface area contributed by atoms with Crippen molar-refractivity contribution < 1.29 is 19.2 Å². The lowest BCUT2D eigenvalue weighted by Crippen LogP contribution is -2.05. The minimum atomic E-state index is 0.0676. The number of benzene rings is 6. The summed E-state index contributed by atoms with van der Waals surface area (Å²) in [5, 5.41) is 0.270. The van der Waals surface area contributed by atoms with Gasteiger partial charge < -0.3 is 0 Å². The Labute approximate surface area is 393 Å². The fourth-order valence-corrected chi connectivity index (χ4v) is 9.89. The van der Waals surface area contributed by atoms with E-state index in [1.165, 1.54) is 91.6 Å². The summed E-state index contributed by atoms with van der Waals surface area (Å²) in [6.07, 6.45) is 20.7. The van der Waals surface area contributed by atoms with Crippen LogP contribution in [0, 0.1) is 0 Å². The predicted molar refractivity (Wildman–Crippen MR) is 275 cm³/mol. The van der Waals surface area contributed by atoms with Gasteiger partial charge in [0, 0.05) is 47.3 Å². The highest BCUT2D eigenvalue weighted by molar-refractivity contribution is 8.14. The first-order chi connectivity index (χ1) is 30.9. The van der Waals surface area contributed by atoms with Crippen LogP contribution in [0.1, 0.15) is 94.5 Å². The van der Waals surface area contributed by atoms with Gasteiger partial charge in [0.05, 0.1) is 0 Å². The third kappa shape index (κ3) is 13.7. The molecule has 0 atom stereocenters. The SMILES string of the molecule is CC(=O)Sc1ccc(/C=C\c2cc3c(/C=C/c4ccc(SC(C)=O)cc4)cc2CCc2cc(/C=C/c4ccc(SC(C)=O)cc4)c(cc2/C=C/c2ccc(SC(C)=O)cc2)CC3)cc1. The van der Waals surface area contributed by atoms with E-state index < -0.39 is 0 Å². The van der Waals surface area contributed by atoms with Crippen LogP contribution < -0.4 is 0 Å². The molecule has 4 aliphatic carbocycles. The molecule has 0 heterocycles. The van der Waals surface area contributed by atoms with Gasteiger partial charge in [0.15, 0.2) is 20.5 Å². The molecule has 6 aromatic rings. The van der Waals surface area contributed by atoms with Gasteiger partial charge in [-0.25, -0.2) is 0 Å². The van der Waals surface area contributed by atoms with E-state index in [1.54, 1.807) is 27.7 Å². The van der Waals surface area contributed by atoms with Crippen molar-refractivity contribution in [3.05, 3.63) is 188 Å². The number of carbonyl (C=O) groups excluding carboxylic acids is 4. The third-order valence-electron chi connectivity index (χ3n) is 10.5. The van der Waals surface area contributed by atoms with Gasteiger partial charge in [-0.1, -0.05) is 168 Å². The number of aryl methyl sites for hydroxylation is 4. The molecule has 10 rings (SSSR count). The molecule has 0 saturated carbocycles. The molecular weight excluding hydrogens is 865 g/mol. The Hall–Kier alpha value is -5.64. The lowest BCUT2D eigenvalue weighted by molar-refractivity contribution is -0.109. The molecule has 8 heteroatoms. The third-order valence-corrected chi connectivity index (χ3v) is 13.7. The normalized spacial score (nSPS) is 12.7. The monoisotopic (exact) mass is 912 g/mol. The fraction of sp³-hybridized carbons (Fsp3) is 0.143. The van der Waals surface area contributed by atoms with E-state index in [9.17, 15) is 19.2 Å². The van der Waals surface area contributed by atoms with E-state index in [0.717, 1.165) is 67.5 Å². The van der Waals surface area contributed by atoms with Crippen molar-refractivity contribution in [3.63, 3.8) is 0 Å². The van der Waals surface area contributed by atoms with Crippen molar-refractivity contribution in [2.45, 2.75) is 73.0 Å². The molecule has 320 valence electrons. The molecule has 0 aromatic heterocycles. The van der Waals surface area contributed by atoms with E-state index in [4.69, 9.17) is 0 Å². The summed E-state index contributed by atoms with van der Waals surface area (Å²) in [5.41, 5.74) is 14.0. The van der Waals surface area contributed by atoms with Crippen LogP contribution in [0.15, 0.2) is 141 Å². The zero-order chi connectivity index (χ0) is 45.0. The lowest BCUT2D eigenvalue weighted by Gasteiger charge is -2.19. The van der Waals surface area contributed by atoms with Gasteiger partial charge in [0.1, 0.15) is 0 Å². The minimum Gasteiger partial charge on any atom is -0.287 e. The van der Waals surface area contributed by atoms with Crippen molar-refractivity contribution in [1.29, 1.82) is 0 Å². The Balaban J connectivity index is 1.27. The van der Waals surface area contributed by atoms with Crippen LogP contribution in [0.5, 0.6) is 0 Å². The van der Waals surface area contributed by atoms with E-state index in [0.29, 0.717) is 0 Å². The van der Waals surface area contributed by atoms with E-state index in [2.05, 4.69) is 121 Å². The second-order valence-corrected chi connectivity index (χ2v) is 20.5. The summed E-state index contributed by atoms with van der Waals surface area (Å²) in [6.45, 7) is 6.34. The predicted octanol–water partition coefficient (Wildman–Crippen LogP) is 14.8. The zero-order valence-corrected chi connectivity index (χ0v) is 39.5. The molecular formula is C56H48O4S4. The molecule has 0 spiro atoms. The number of rotatable bonds is 12. The van der Waals surface area contributed by atoms with E-state index >= 15 is 0 Å². The van der Waals surface area contributed by atoms with Crippen molar-refractivity contribution in [2.24, 2.45) is 0 Å². The Morgan fingerprint density at radius 3 is 0.672 bits per heavy atom. The number of hydrogen-bond donors (Lipinski definition) is 0. The summed E-state index contributed by atoms with van der Waals surface area (Å²) < 4.78 is 0. The van der Waals surface area contributed by atoms with Gasteiger partial charge in [-0.2, -0.15) is 0 Å². The summed E-state index contributed by atoms with van der Waals surface area (Å²) in [6, 6.07) is 41.9. The Morgan fingerprint density at radius 1 is 0.312 bits per heavy atom. The van der Waals surface area contributed by atoms with Crippen LogP contribution in [0.4, 0.5) is 0 Å². The maximum Gasteiger partial charge on any atom is 0.190 e. The van der Waals surface area contributed by atoms with Crippen molar-refractivity contribution in [2.75, 3.05) is 0 Å². The van der Waals surface area contributed by atoms with Crippen molar-refractivity contribution in [1.82, 2.24) is 0 Å². The highest BCUT2D eigenvalue weighted by atomic mass is 32.2. The second-order valence-electron chi connectivity index (χ2n) is 15.5. The summed E-state index contributed by atoms with van der Waals surface area (Å²) >= 11 is 4.96. The van der Waals surface area contributed by atoms with E-state index in [-0.39, 0.29) is 20.5 Å². The van der Waals surface area contributed by atoms with Gasteiger partial charge in [-0.15, -0.1) is 0 Å². The zero-order valence-electron chi connectivity index (χ0n) is 36.3. The Kier molecular flexibility index (Phi) is 16.2. The second kappa shape index (κ2) is 22.3. The smallest absolute Gasteiger partial charge is 0.190 e. The molecule has 64 heavy (non-hydrogen) atoms. The van der Waals surface area contributed by atoms with Crippen LogP contribution >= 0.6 is 47.0 Å². The summed E-state index contributed by atoms with van der Waals surface area (Å²) in [7, 11) is 0. The van der Waals surface area contributed by atoms with Crippen LogP contribution in [-0.2, 0) is 44.9 Å². The molecule has 4 nitrogen and oxygen atoms in total. The molecule has 0 unspecified atom stereocenters. The molecule has 0 N–H and O–H groups in total. The first-order valence-corrected chi connectivity index (χ1v) is 24.4. The number of thioether (sulfide) groups is 4. The Bertz CT molecular complexity index is 2410. The molecule has 0 radical (unpaired) electrons. The van der Waals surface area contributed by atoms with Crippen LogP contribution in [0.3, 0.4) is 0 Å². The maximum atomic E-state index is 11.7. The summed E-state index contributed by atoms with van der Waals surface area (Å²) in [4.78, 5) is 50.5. The molecule has 0 amide bonds. The number of carbonyl (C=O) groups is 4. The van der Waals surface area contributed by atoms with E-state index in [1.807, 2.05) is 48.5 Å². The Morgan fingerprint density at radius 2 is 0.500 bits per heavy atom. The highest BCUT2D eigenvalue weighted by Crippen LogP contribution is 2.31. The molecule has 6 aromatic carbocycles. The molecule has 4 aliphatic rings. The maximum absolute atomic E-state index is 11.7. The van der Waals surface area contributed by atoms with Crippen LogP contribution in [0.2, 0.25) is 0 Å². The average molecular weight is 913 g/mol. The van der Waals surface area contributed by atoms with Gasteiger partial charge >= 0.3 is 0 Å². The number of hydrogen-bond acceptors (Lipinski definition) is 8. The highest BCUT2D eigenvalue weighted by Gasteiger charge is 2.15. The fourth-order valence-electron chi connectivity index (χ4n) is 7.48. The van der Waals surface area contributed by atoms with Gasteiger partial charge in [0.25, 0.3) is 0 Å². The minimum absolute atomic E-state index is 0.0676. The van der Waals surface area contributed by atoms with Gasteiger partial charge in [-0.05, 0) is 141 Å². The van der Waals surface area contributed by atoms with Crippen LogP contribution in [-0.4, -0.2) is 20.5 Å².